The molecule has 0 bridgehead atoms. The van der Waals surface area contributed by atoms with E-state index in [0.29, 0.717) is 17.9 Å². The molecule has 4 aromatic carbocycles. The van der Waals surface area contributed by atoms with Crippen LogP contribution in [0.25, 0.3) is 38.8 Å². The Morgan fingerprint density at radius 1 is 0.919 bits per heavy atom. The van der Waals surface area contributed by atoms with Crippen molar-refractivity contribution in [3.63, 3.8) is 0 Å². The maximum atomic E-state index is 13.1. The number of benzene rings is 4. The first-order chi connectivity index (χ1) is 18.0. The van der Waals surface area contributed by atoms with Crippen LogP contribution >= 0.6 is 0 Å². The molecule has 37 heavy (non-hydrogen) atoms. The molecule has 0 atom stereocenters. The predicted octanol–water partition coefficient (Wildman–Crippen LogP) is 7.63. The quantitative estimate of drug-likeness (QED) is 0.238. The molecule has 0 saturated heterocycles. The fraction of sp³-hybridized carbons (Fsp3) is 0.0938. The number of furan rings is 1. The van der Waals surface area contributed by atoms with Gasteiger partial charge in [0, 0.05) is 35.2 Å². The lowest BCUT2D eigenvalue weighted by Gasteiger charge is -2.10. The largest absolute Gasteiger partial charge is 0.496 e. The highest BCUT2D eigenvalue weighted by Gasteiger charge is 2.15. The minimum atomic E-state index is -0.306. The second kappa shape index (κ2) is 10.5. The number of methoxy groups -OCH3 is 1. The topological polar surface area (TPSA) is 51.5 Å². The number of allylic oxidation sites excluding steroid dienone is 1. The molecular formula is C32H26FNO3. The number of hydrogen-bond acceptors (Lipinski definition) is 3. The van der Waals surface area contributed by atoms with E-state index in [0.717, 1.165) is 44.3 Å². The second-order valence-corrected chi connectivity index (χ2v) is 8.81. The van der Waals surface area contributed by atoms with E-state index in [1.807, 2.05) is 37.3 Å². The van der Waals surface area contributed by atoms with Crippen LogP contribution in [0.1, 0.15) is 18.1 Å². The minimum absolute atomic E-state index is 0.243. The number of halogens is 1. The number of amides is 1. The van der Waals surface area contributed by atoms with Crippen molar-refractivity contribution in [3.05, 3.63) is 120 Å². The number of carbonyl (C=O) groups is 1. The van der Waals surface area contributed by atoms with Crippen LogP contribution in [0.5, 0.6) is 5.75 Å². The molecule has 5 aromatic rings. The van der Waals surface area contributed by atoms with Crippen molar-refractivity contribution in [1.29, 1.82) is 0 Å². The molecule has 0 saturated carbocycles. The molecule has 1 aromatic heterocycles. The van der Waals surface area contributed by atoms with Crippen LogP contribution in [0.3, 0.4) is 0 Å². The van der Waals surface area contributed by atoms with E-state index in [1.54, 1.807) is 31.6 Å². The van der Waals surface area contributed by atoms with E-state index in [-0.39, 0.29) is 11.7 Å². The van der Waals surface area contributed by atoms with E-state index in [4.69, 9.17) is 9.15 Å². The zero-order valence-electron chi connectivity index (χ0n) is 20.6. The molecule has 1 heterocycles. The van der Waals surface area contributed by atoms with Crippen molar-refractivity contribution >= 4 is 22.4 Å². The predicted molar refractivity (Wildman–Crippen MR) is 146 cm³/mol. The molecule has 4 nitrogen and oxygen atoms in total. The molecule has 0 aliphatic heterocycles. The lowest BCUT2D eigenvalue weighted by Crippen LogP contribution is -2.20. The summed E-state index contributed by atoms with van der Waals surface area (Å²) in [4.78, 5) is 12.6. The summed E-state index contributed by atoms with van der Waals surface area (Å²) in [5.74, 6) is 0.0693. The molecule has 184 valence electrons. The summed E-state index contributed by atoms with van der Waals surface area (Å²) < 4.78 is 24.6. The Bertz CT molecular complexity index is 1570. The van der Waals surface area contributed by atoms with Gasteiger partial charge in [-0.2, -0.15) is 0 Å². The van der Waals surface area contributed by atoms with Crippen molar-refractivity contribution in [2.24, 2.45) is 0 Å². The van der Waals surface area contributed by atoms with Gasteiger partial charge >= 0.3 is 0 Å². The van der Waals surface area contributed by atoms with E-state index < -0.39 is 0 Å². The third-order valence-corrected chi connectivity index (χ3v) is 6.35. The zero-order chi connectivity index (χ0) is 25.8. The Kier molecular flexibility index (Phi) is 6.86. The Morgan fingerprint density at radius 2 is 1.59 bits per heavy atom. The lowest BCUT2D eigenvalue weighted by molar-refractivity contribution is -0.116. The van der Waals surface area contributed by atoms with Crippen molar-refractivity contribution < 1.29 is 18.3 Å². The summed E-state index contributed by atoms with van der Waals surface area (Å²) in [6, 6.07) is 28.5. The van der Waals surface area contributed by atoms with E-state index >= 15 is 0 Å². The van der Waals surface area contributed by atoms with Gasteiger partial charge in [-0.05, 0) is 52.9 Å². The van der Waals surface area contributed by atoms with Gasteiger partial charge in [0.2, 0.25) is 5.91 Å². The van der Waals surface area contributed by atoms with E-state index in [1.165, 1.54) is 12.1 Å². The highest BCUT2D eigenvalue weighted by atomic mass is 19.1. The van der Waals surface area contributed by atoms with Gasteiger partial charge in [0.15, 0.2) is 0 Å². The molecule has 5 rings (SSSR count). The number of fused-ring (bicyclic) bond motifs is 1. The molecule has 5 heteroatoms. The summed E-state index contributed by atoms with van der Waals surface area (Å²) in [6.07, 6.45) is 3.29. The monoisotopic (exact) mass is 491 g/mol. The normalized spacial score (nSPS) is 11.5. The van der Waals surface area contributed by atoms with Gasteiger partial charge in [-0.15, -0.1) is 0 Å². The molecule has 0 aliphatic carbocycles. The van der Waals surface area contributed by atoms with Crippen LogP contribution in [0.15, 0.2) is 108 Å². The Balaban J connectivity index is 1.42. The van der Waals surface area contributed by atoms with Gasteiger partial charge in [0.25, 0.3) is 0 Å². The molecule has 0 aliphatic rings. The highest BCUT2D eigenvalue weighted by molar-refractivity contribution is 6.00. The van der Waals surface area contributed by atoms with Crippen LogP contribution in [0, 0.1) is 5.82 Å². The molecule has 1 N–H and O–H groups in total. The van der Waals surface area contributed by atoms with Crippen molar-refractivity contribution in [2.45, 2.75) is 13.5 Å². The van der Waals surface area contributed by atoms with Gasteiger partial charge < -0.3 is 14.5 Å². The lowest BCUT2D eigenvalue weighted by atomic mass is 9.97. The average molecular weight is 492 g/mol. The smallest absolute Gasteiger partial charge is 0.244 e. The molecular weight excluding hydrogens is 465 g/mol. The third-order valence-electron chi connectivity index (χ3n) is 6.35. The summed E-state index contributed by atoms with van der Waals surface area (Å²) in [6.45, 7) is 2.18. The van der Waals surface area contributed by atoms with Crippen LogP contribution in [-0.2, 0) is 11.3 Å². The van der Waals surface area contributed by atoms with Gasteiger partial charge in [-0.1, -0.05) is 66.7 Å². The van der Waals surface area contributed by atoms with Gasteiger partial charge in [-0.3, -0.25) is 4.79 Å². The number of rotatable bonds is 7. The minimum Gasteiger partial charge on any atom is -0.496 e. The maximum Gasteiger partial charge on any atom is 0.244 e. The van der Waals surface area contributed by atoms with Crippen LogP contribution in [0.2, 0.25) is 0 Å². The fourth-order valence-corrected chi connectivity index (χ4v) is 4.35. The SMILES string of the molecule is COc1cc2occ(-c3ccc(-c4ccccc4)cc3)c2cc1/C(C)=C/C(=O)NCc1ccc(F)cc1. The summed E-state index contributed by atoms with van der Waals surface area (Å²) in [5, 5.41) is 3.78. The van der Waals surface area contributed by atoms with Crippen molar-refractivity contribution in [1.82, 2.24) is 5.32 Å². The first-order valence-electron chi connectivity index (χ1n) is 12.0. The first-order valence-corrected chi connectivity index (χ1v) is 12.0. The van der Waals surface area contributed by atoms with Crippen molar-refractivity contribution in [2.75, 3.05) is 7.11 Å². The van der Waals surface area contributed by atoms with Crippen molar-refractivity contribution in [3.8, 4) is 28.0 Å². The second-order valence-electron chi connectivity index (χ2n) is 8.81. The van der Waals surface area contributed by atoms with E-state index in [2.05, 4.69) is 41.7 Å². The van der Waals surface area contributed by atoms with Crippen LogP contribution in [-0.4, -0.2) is 13.0 Å². The van der Waals surface area contributed by atoms with Crippen LogP contribution < -0.4 is 10.1 Å². The molecule has 0 radical (unpaired) electrons. The van der Waals surface area contributed by atoms with E-state index in [9.17, 15) is 9.18 Å². The Labute approximate surface area is 215 Å². The molecule has 0 unspecified atom stereocenters. The van der Waals surface area contributed by atoms with Gasteiger partial charge in [0.1, 0.15) is 17.1 Å². The molecule has 1 amide bonds. The zero-order valence-corrected chi connectivity index (χ0v) is 20.6. The van der Waals surface area contributed by atoms with Gasteiger partial charge in [-0.25, -0.2) is 4.39 Å². The Morgan fingerprint density at radius 3 is 2.30 bits per heavy atom. The summed E-state index contributed by atoms with van der Waals surface area (Å²) >= 11 is 0. The van der Waals surface area contributed by atoms with Gasteiger partial charge in [0.05, 0.1) is 13.4 Å². The fourth-order valence-electron chi connectivity index (χ4n) is 4.35. The molecule has 0 spiro atoms. The molecule has 0 fully saturated rings. The third kappa shape index (κ3) is 5.31. The van der Waals surface area contributed by atoms with Crippen LogP contribution in [0.4, 0.5) is 4.39 Å². The average Bonchev–Trinajstić information content (AvgIpc) is 3.35. The number of nitrogens with one attached hydrogen (secondary N) is 1. The first kappa shape index (κ1) is 24.1. The maximum absolute atomic E-state index is 13.1. The number of ether oxygens (including phenoxy) is 1. The highest BCUT2D eigenvalue weighted by Crippen LogP contribution is 2.38. The summed E-state index contributed by atoms with van der Waals surface area (Å²) in [7, 11) is 1.60. The number of hydrogen-bond donors (Lipinski definition) is 1. The standard InChI is InChI=1S/C32H26FNO3/c1-21(16-32(35)34-19-22-8-14-26(33)15-9-22)27-17-28-29(20-37-31(28)18-30(27)36-2)25-12-10-24(11-13-25)23-6-4-3-5-7-23/h3-18,20H,19H2,1-2H3,(H,34,35)/b21-16+. The summed E-state index contributed by atoms with van der Waals surface area (Å²) in [5.41, 5.74) is 7.39. The number of carbonyl (C=O) groups excluding carboxylic acids is 1. The Hall–Kier alpha value is -4.64.